The van der Waals surface area contributed by atoms with Crippen LogP contribution in [0.5, 0.6) is 0 Å². The summed E-state index contributed by atoms with van der Waals surface area (Å²) in [6, 6.07) is 7.99. The van der Waals surface area contributed by atoms with Gasteiger partial charge in [0.25, 0.3) is 0 Å². The molecule has 1 aliphatic heterocycles. The van der Waals surface area contributed by atoms with E-state index in [1.165, 1.54) is 28.7 Å². The van der Waals surface area contributed by atoms with Crippen molar-refractivity contribution in [3.8, 4) is 0 Å². The van der Waals surface area contributed by atoms with Crippen LogP contribution in [0.25, 0.3) is 0 Å². The van der Waals surface area contributed by atoms with Crippen LogP contribution >= 0.6 is 23.1 Å². The molecule has 0 unspecified atom stereocenters. The highest BCUT2D eigenvalue weighted by Crippen LogP contribution is 2.30. The largest absolute Gasteiger partial charge is 0.311 e. The van der Waals surface area contributed by atoms with Crippen molar-refractivity contribution in [2.45, 2.75) is 31.5 Å². The molecule has 0 spiro atoms. The second kappa shape index (κ2) is 7.13. The monoisotopic (exact) mass is 376 g/mol. The minimum Gasteiger partial charge on any atom is -0.311 e. The quantitative estimate of drug-likeness (QED) is 0.655. The lowest BCUT2D eigenvalue weighted by atomic mass is 9.96. The molecule has 8 heteroatoms. The lowest BCUT2D eigenvalue weighted by Gasteiger charge is -2.16. The molecule has 2 heterocycles. The lowest BCUT2D eigenvalue weighted by molar-refractivity contribution is -0.123. The molecular weight excluding hydrogens is 356 g/mol. The van der Waals surface area contributed by atoms with E-state index < -0.39 is 5.41 Å². The number of benzene rings is 1. The predicted octanol–water partition coefficient (Wildman–Crippen LogP) is 3.20. The van der Waals surface area contributed by atoms with Crippen molar-refractivity contribution >= 4 is 45.7 Å². The first-order valence-electron chi connectivity index (χ1n) is 8.00. The van der Waals surface area contributed by atoms with Gasteiger partial charge in [0.1, 0.15) is 0 Å². The van der Waals surface area contributed by atoms with E-state index in [2.05, 4.69) is 21.6 Å². The number of carbonyl (C=O) groups is 2. The normalized spacial score (nSPS) is 13.6. The van der Waals surface area contributed by atoms with Gasteiger partial charge in [0.15, 0.2) is 4.34 Å². The summed E-state index contributed by atoms with van der Waals surface area (Å²) in [6.07, 6.45) is 0.897. The molecule has 0 saturated heterocycles. The van der Waals surface area contributed by atoms with Gasteiger partial charge in [-0.15, -0.1) is 10.2 Å². The van der Waals surface area contributed by atoms with Crippen LogP contribution in [0.15, 0.2) is 28.6 Å². The molecule has 132 valence electrons. The molecule has 0 radical (unpaired) electrons. The number of nitrogens with zero attached hydrogens (tertiary/aromatic N) is 3. The summed E-state index contributed by atoms with van der Waals surface area (Å²) in [7, 11) is 0. The number of hydrogen-bond donors (Lipinski definition) is 1. The van der Waals surface area contributed by atoms with Gasteiger partial charge in [0.05, 0.1) is 5.75 Å². The molecular formula is C17H20N4O2S2. The predicted molar refractivity (Wildman–Crippen MR) is 101 cm³/mol. The van der Waals surface area contributed by atoms with E-state index in [4.69, 9.17) is 0 Å². The Balaban J connectivity index is 1.56. The van der Waals surface area contributed by atoms with E-state index in [1.54, 1.807) is 0 Å². The van der Waals surface area contributed by atoms with Gasteiger partial charge in [0, 0.05) is 17.6 Å². The maximum Gasteiger partial charge on any atom is 0.237 e. The Morgan fingerprint density at radius 3 is 2.80 bits per heavy atom. The van der Waals surface area contributed by atoms with Gasteiger partial charge in [-0.05, 0) is 18.1 Å². The highest BCUT2D eigenvalue weighted by atomic mass is 32.2. The Bertz CT molecular complexity index is 798. The second-order valence-corrected chi connectivity index (χ2v) is 8.99. The highest BCUT2D eigenvalue weighted by molar-refractivity contribution is 8.01. The molecule has 1 aromatic heterocycles. The SMILES string of the molecule is CC(C)(C)C(=O)Nc1nnc(SCC(=O)N2CCc3ccccc32)s1. The van der Waals surface area contributed by atoms with E-state index in [1.807, 2.05) is 43.9 Å². The van der Waals surface area contributed by atoms with Crippen LogP contribution in [0.2, 0.25) is 0 Å². The van der Waals surface area contributed by atoms with Crippen LogP contribution in [0.4, 0.5) is 10.8 Å². The first kappa shape index (κ1) is 17.9. The molecule has 25 heavy (non-hydrogen) atoms. The van der Waals surface area contributed by atoms with Crippen molar-refractivity contribution in [1.82, 2.24) is 10.2 Å². The standard InChI is InChI=1S/C17H20N4O2S2/c1-17(2,3)14(23)18-15-19-20-16(25-15)24-10-13(22)21-9-8-11-6-4-5-7-12(11)21/h4-7H,8-10H2,1-3H3,(H,18,19,23). The Labute approximate surface area is 155 Å². The van der Waals surface area contributed by atoms with Gasteiger partial charge in [-0.25, -0.2) is 0 Å². The second-order valence-electron chi connectivity index (χ2n) is 6.79. The number of thioether (sulfide) groups is 1. The van der Waals surface area contributed by atoms with E-state index in [0.717, 1.165) is 18.7 Å². The zero-order valence-electron chi connectivity index (χ0n) is 14.4. The zero-order valence-corrected chi connectivity index (χ0v) is 16.0. The van der Waals surface area contributed by atoms with Crippen molar-refractivity contribution in [2.24, 2.45) is 5.41 Å². The molecule has 6 nitrogen and oxygen atoms in total. The molecule has 0 atom stereocenters. The number of hydrogen-bond acceptors (Lipinski definition) is 6. The van der Waals surface area contributed by atoms with Crippen LogP contribution < -0.4 is 10.2 Å². The van der Waals surface area contributed by atoms with E-state index >= 15 is 0 Å². The van der Waals surface area contributed by atoms with Gasteiger partial charge in [-0.3, -0.25) is 9.59 Å². The van der Waals surface area contributed by atoms with Gasteiger partial charge in [-0.1, -0.05) is 62.1 Å². The topological polar surface area (TPSA) is 75.2 Å². The first-order valence-corrected chi connectivity index (χ1v) is 9.81. The molecule has 1 N–H and O–H groups in total. The Hall–Kier alpha value is -1.93. The maximum absolute atomic E-state index is 12.5. The molecule has 2 amide bonds. The third kappa shape index (κ3) is 4.19. The van der Waals surface area contributed by atoms with Crippen molar-refractivity contribution < 1.29 is 9.59 Å². The fraction of sp³-hybridized carbons (Fsp3) is 0.412. The molecule has 0 fully saturated rings. The average molecular weight is 377 g/mol. The van der Waals surface area contributed by atoms with Crippen molar-refractivity contribution in [3.05, 3.63) is 29.8 Å². The third-order valence-electron chi connectivity index (χ3n) is 3.82. The van der Waals surface area contributed by atoms with Crippen LogP contribution in [0, 0.1) is 5.41 Å². The van der Waals surface area contributed by atoms with Gasteiger partial charge in [0.2, 0.25) is 16.9 Å². The first-order chi connectivity index (χ1) is 11.8. The Kier molecular flexibility index (Phi) is 5.10. The third-order valence-corrected chi connectivity index (χ3v) is 5.77. The zero-order chi connectivity index (χ0) is 18.0. The number of aromatic nitrogens is 2. The molecule has 0 saturated carbocycles. The number of nitrogens with one attached hydrogen (secondary N) is 1. The van der Waals surface area contributed by atoms with Crippen LogP contribution in [-0.2, 0) is 16.0 Å². The van der Waals surface area contributed by atoms with Gasteiger partial charge < -0.3 is 10.2 Å². The number of anilines is 2. The van der Waals surface area contributed by atoms with Crippen LogP contribution in [0.1, 0.15) is 26.3 Å². The van der Waals surface area contributed by atoms with Crippen LogP contribution in [-0.4, -0.2) is 34.3 Å². The molecule has 3 rings (SSSR count). The van der Waals surface area contributed by atoms with E-state index in [9.17, 15) is 9.59 Å². The highest BCUT2D eigenvalue weighted by Gasteiger charge is 2.25. The number of amides is 2. The number of para-hydroxylation sites is 1. The number of rotatable bonds is 4. The van der Waals surface area contributed by atoms with E-state index in [0.29, 0.717) is 15.2 Å². The lowest BCUT2D eigenvalue weighted by Crippen LogP contribution is -2.30. The summed E-state index contributed by atoms with van der Waals surface area (Å²) in [4.78, 5) is 26.3. The summed E-state index contributed by atoms with van der Waals surface area (Å²) >= 11 is 2.63. The van der Waals surface area contributed by atoms with Crippen molar-refractivity contribution in [3.63, 3.8) is 0 Å². The molecule has 1 aromatic carbocycles. The number of carbonyl (C=O) groups excluding carboxylic acids is 2. The summed E-state index contributed by atoms with van der Waals surface area (Å²) in [6.45, 7) is 6.24. The van der Waals surface area contributed by atoms with Gasteiger partial charge in [-0.2, -0.15) is 0 Å². The smallest absolute Gasteiger partial charge is 0.237 e. The van der Waals surface area contributed by atoms with Gasteiger partial charge >= 0.3 is 0 Å². The Morgan fingerprint density at radius 2 is 2.04 bits per heavy atom. The summed E-state index contributed by atoms with van der Waals surface area (Å²) in [5, 5.41) is 11.2. The van der Waals surface area contributed by atoms with Crippen molar-refractivity contribution in [1.29, 1.82) is 0 Å². The minimum absolute atomic E-state index is 0.0606. The minimum atomic E-state index is -0.488. The van der Waals surface area contributed by atoms with E-state index in [-0.39, 0.29) is 11.8 Å². The summed E-state index contributed by atoms with van der Waals surface area (Å²) in [5.74, 6) is 0.256. The summed E-state index contributed by atoms with van der Waals surface area (Å²) < 4.78 is 0.671. The summed E-state index contributed by atoms with van der Waals surface area (Å²) in [5.41, 5.74) is 1.73. The molecule has 1 aliphatic rings. The Morgan fingerprint density at radius 1 is 1.28 bits per heavy atom. The molecule has 0 bridgehead atoms. The number of fused-ring (bicyclic) bond motifs is 1. The maximum atomic E-state index is 12.5. The fourth-order valence-corrected chi connectivity index (χ4v) is 4.02. The molecule has 0 aliphatic carbocycles. The van der Waals surface area contributed by atoms with Crippen molar-refractivity contribution in [2.75, 3.05) is 22.5 Å². The van der Waals surface area contributed by atoms with Crippen LogP contribution in [0.3, 0.4) is 0 Å². The molecule has 2 aromatic rings. The fourth-order valence-electron chi connectivity index (χ4n) is 2.40. The average Bonchev–Trinajstić information content (AvgIpc) is 3.18.